The summed E-state index contributed by atoms with van der Waals surface area (Å²) in [5, 5.41) is 18.0. The van der Waals surface area contributed by atoms with Crippen molar-refractivity contribution in [3.8, 4) is 5.69 Å². The maximum absolute atomic E-state index is 13.1. The number of tetrazole rings is 1. The third-order valence-corrected chi connectivity index (χ3v) is 6.94. The van der Waals surface area contributed by atoms with E-state index in [9.17, 15) is 14.4 Å². The van der Waals surface area contributed by atoms with Gasteiger partial charge in [0.2, 0.25) is 0 Å². The molecule has 1 aromatic heterocycles. The van der Waals surface area contributed by atoms with Crippen molar-refractivity contribution in [2.75, 3.05) is 13.1 Å². The van der Waals surface area contributed by atoms with Gasteiger partial charge < -0.3 is 10.2 Å². The maximum atomic E-state index is 13.1. The molecule has 2 aromatic carbocycles. The molecule has 3 heterocycles. The van der Waals surface area contributed by atoms with Crippen LogP contribution in [0.3, 0.4) is 0 Å². The van der Waals surface area contributed by atoms with Crippen LogP contribution in [0.2, 0.25) is 0 Å². The molecule has 1 unspecified atom stereocenters. The van der Waals surface area contributed by atoms with Gasteiger partial charge in [0.15, 0.2) is 5.82 Å². The predicted octanol–water partition coefficient (Wildman–Crippen LogP) is 2.44. The fraction of sp³-hybridized carbons (Fsp3) is 0.360. The summed E-state index contributed by atoms with van der Waals surface area (Å²) in [4.78, 5) is 40.5. The number of hydrogen-bond acceptors (Lipinski definition) is 6. The number of likely N-dealkylation sites (tertiary alicyclic amines) is 1. The number of aromatic nitrogens is 4. The topological polar surface area (TPSA) is 122 Å². The molecule has 35 heavy (non-hydrogen) atoms. The summed E-state index contributed by atoms with van der Waals surface area (Å²) in [6, 6.07) is 14.3. The van der Waals surface area contributed by atoms with Crippen molar-refractivity contribution in [1.29, 1.82) is 0 Å². The molecule has 2 aliphatic heterocycles. The predicted molar refractivity (Wildman–Crippen MR) is 127 cm³/mol. The van der Waals surface area contributed by atoms with Gasteiger partial charge in [-0.15, -0.1) is 15.0 Å². The van der Waals surface area contributed by atoms with Crippen LogP contribution in [0.4, 0.5) is 4.79 Å². The van der Waals surface area contributed by atoms with Crippen molar-refractivity contribution in [1.82, 2.24) is 35.7 Å². The third kappa shape index (κ3) is 4.16. The number of nitrogens with one attached hydrogen (secondary N) is 2. The molecule has 10 nitrogen and oxygen atoms in total. The lowest BCUT2D eigenvalue weighted by Crippen LogP contribution is -2.43. The van der Waals surface area contributed by atoms with Crippen molar-refractivity contribution in [2.45, 2.75) is 44.6 Å². The fourth-order valence-corrected chi connectivity index (χ4v) is 4.74. The van der Waals surface area contributed by atoms with Gasteiger partial charge in [-0.3, -0.25) is 14.9 Å². The summed E-state index contributed by atoms with van der Waals surface area (Å²) >= 11 is 0. The van der Waals surface area contributed by atoms with E-state index in [-0.39, 0.29) is 17.7 Å². The Morgan fingerprint density at radius 2 is 1.74 bits per heavy atom. The molecular weight excluding hydrogens is 446 g/mol. The number of nitrogens with zero attached hydrogens (tertiary/aromatic N) is 5. The van der Waals surface area contributed by atoms with E-state index in [4.69, 9.17) is 0 Å². The van der Waals surface area contributed by atoms with Gasteiger partial charge in [-0.2, -0.15) is 0 Å². The Morgan fingerprint density at radius 3 is 2.34 bits per heavy atom. The summed E-state index contributed by atoms with van der Waals surface area (Å²) in [6.45, 7) is 5.06. The number of benzene rings is 2. The minimum absolute atomic E-state index is 0.0586. The van der Waals surface area contributed by atoms with Gasteiger partial charge in [0.05, 0.1) is 5.69 Å². The van der Waals surface area contributed by atoms with Crippen molar-refractivity contribution >= 4 is 17.8 Å². The molecule has 4 amide bonds. The summed E-state index contributed by atoms with van der Waals surface area (Å²) < 4.78 is 0. The molecule has 0 radical (unpaired) electrons. The van der Waals surface area contributed by atoms with Gasteiger partial charge in [-0.25, -0.2) is 4.79 Å². The SMILES string of the molecule is CCC1(c2ccc(C(=O)N3CCC(c4nnn(-c5ccc(C)cc5)n4)CC3)cc2)NC(=O)NC1=O. The Morgan fingerprint density at radius 1 is 1.06 bits per heavy atom. The van der Waals surface area contributed by atoms with E-state index < -0.39 is 11.6 Å². The number of hydrogen-bond donors (Lipinski definition) is 2. The minimum atomic E-state index is -1.10. The van der Waals surface area contributed by atoms with Crippen LogP contribution in [-0.4, -0.2) is 56.0 Å². The molecule has 2 N–H and O–H groups in total. The molecule has 10 heteroatoms. The molecule has 0 aliphatic carbocycles. The van der Waals surface area contributed by atoms with Gasteiger partial charge in [-0.05, 0) is 61.2 Å². The van der Waals surface area contributed by atoms with Crippen LogP contribution in [-0.2, 0) is 10.3 Å². The van der Waals surface area contributed by atoms with Gasteiger partial charge in [-0.1, -0.05) is 36.8 Å². The van der Waals surface area contributed by atoms with Crippen LogP contribution in [0.1, 0.15) is 59.4 Å². The second kappa shape index (κ2) is 8.94. The quantitative estimate of drug-likeness (QED) is 0.549. The summed E-state index contributed by atoms with van der Waals surface area (Å²) in [7, 11) is 0. The molecule has 5 rings (SSSR count). The highest BCUT2D eigenvalue weighted by molar-refractivity contribution is 6.07. The lowest BCUT2D eigenvalue weighted by molar-refractivity contribution is -0.124. The smallest absolute Gasteiger partial charge is 0.322 e. The monoisotopic (exact) mass is 473 g/mol. The molecule has 3 aromatic rings. The van der Waals surface area contributed by atoms with E-state index in [1.165, 1.54) is 5.56 Å². The van der Waals surface area contributed by atoms with Crippen LogP contribution < -0.4 is 10.6 Å². The average Bonchev–Trinajstić information content (AvgIpc) is 3.49. The first-order chi connectivity index (χ1) is 16.9. The zero-order valence-electron chi connectivity index (χ0n) is 19.7. The lowest BCUT2D eigenvalue weighted by Gasteiger charge is -2.31. The molecule has 180 valence electrons. The zero-order valence-corrected chi connectivity index (χ0v) is 19.7. The van der Waals surface area contributed by atoms with E-state index in [0.717, 1.165) is 18.5 Å². The van der Waals surface area contributed by atoms with Crippen LogP contribution in [0.15, 0.2) is 48.5 Å². The molecular formula is C25H27N7O3. The molecule has 0 bridgehead atoms. The van der Waals surface area contributed by atoms with E-state index in [1.54, 1.807) is 29.1 Å². The fourth-order valence-electron chi connectivity index (χ4n) is 4.74. The summed E-state index contributed by atoms with van der Waals surface area (Å²) in [5.41, 5.74) is 2.14. The Kier molecular flexibility index (Phi) is 5.80. The van der Waals surface area contributed by atoms with E-state index in [1.807, 2.05) is 43.0 Å². The number of rotatable bonds is 5. The number of imide groups is 1. The largest absolute Gasteiger partial charge is 0.339 e. The highest BCUT2D eigenvalue weighted by atomic mass is 16.2. The van der Waals surface area contributed by atoms with Gasteiger partial charge in [0, 0.05) is 24.6 Å². The Bertz CT molecular complexity index is 1260. The van der Waals surface area contributed by atoms with Gasteiger partial charge >= 0.3 is 6.03 Å². The first-order valence-electron chi connectivity index (χ1n) is 11.8. The third-order valence-electron chi connectivity index (χ3n) is 6.94. The first-order valence-corrected chi connectivity index (χ1v) is 11.8. The van der Waals surface area contributed by atoms with Crippen molar-refractivity contribution in [3.63, 3.8) is 0 Å². The zero-order chi connectivity index (χ0) is 24.6. The first kappa shape index (κ1) is 22.7. The number of piperidine rings is 1. The highest BCUT2D eigenvalue weighted by Gasteiger charge is 2.46. The van der Waals surface area contributed by atoms with Crippen molar-refractivity contribution < 1.29 is 14.4 Å². The van der Waals surface area contributed by atoms with Gasteiger partial charge in [0.1, 0.15) is 5.54 Å². The number of carbonyl (C=O) groups excluding carboxylic acids is 3. The van der Waals surface area contributed by atoms with Crippen LogP contribution in [0, 0.1) is 6.92 Å². The average molecular weight is 474 g/mol. The van der Waals surface area contributed by atoms with Crippen LogP contribution in [0.5, 0.6) is 0 Å². The second-order valence-electron chi connectivity index (χ2n) is 9.08. The normalized spacial score (nSPS) is 20.6. The lowest BCUT2D eigenvalue weighted by atomic mass is 9.87. The molecule has 2 aliphatic rings. The molecule has 2 fully saturated rings. The van der Waals surface area contributed by atoms with Crippen molar-refractivity contribution in [2.24, 2.45) is 0 Å². The van der Waals surface area contributed by atoms with Gasteiger partial charge in [0.25, 0.3) is 11.8 Å². The minimum Gasteiger partial charge on any atom is -0.339 e. The Hall–Kier alpha value is -4.08. The van der Waals surface area contributed by atoms with Crippen molar-refractivity contribution in [3.05, 3.63) is 71.0 Å². The maximum Gasteiger partial charge on any atom is 0.322 e. The van der Waals surface area contributed by atoms with Crippen LogP contribution >= 0.6 is 0 Å². The van der Waals surface area contributed by atoms with E-state index in [2.05, 4.69) is 26.0 Å². The molecule has 0 spiro atoms. The standard InChI is InChI=1S/C25H27N7O3/c1-3-25(23(34)26-24(35)27-25)19-8-6-18(7-9-19)22(33)31-14-12-17(13-15-31)21-28-30-32(29-21)20-10-4-16(2)5-11-20/h4-11,17H,3,12-15H2,1-2H3,(H2,26,27,34,35). The number of aryl methyl sites for hydroxylation is 1. The van der Waals surface area contributed by atoms with E-state index >= 15 is 0 Å². The number of carbonyl (C=O) groups is 3. The van der Waals surface area contributed by atoms with E-state index in [0.29, 0.717) is 36.5 Å². The second-order valence-corrected chi connectivity index (χ2v) is 9.08. The summed E-state index contributed by atoms with van der Waals surface area (Å²) in [5.74, 6) is 0.411. The molecule has 2 saturated heterocycles. The van der Waals surface area contributed by atoms with Crippen LogP contribution in [0.25, 0.3) is 5.69 Å². The molecule has 0 saturated carbocycles. The summed E-state index contributed by atoms with van der Waals surface area (Å²) in [6.07, 6.45) is 1.93. The Balaban J connectivity index is 1.22. The Labute approximate surface area is 202 Å². The number of urea groups is 1. The highest BCUT2D eigenvalue weighted by Crippen LogP contribution is 2.30. The molecule has 1 atom stereocenters. The number of amides is 4.